The number of rotatable bonds is 7. The molecule has 0 spiro atoms. The fourth-order valence-corrected chi connectivity index (χ4v) is 8.71. The molecule has 3 aromatic heterocycles. The normalized spacial score (nSPS) is 11.4. The van der Waals surface area contributed by atoms with E-state index in [0.717, 1.165) is 82.4 Å². The molecule has 0 atom stereocenters. The maximum atomic E-state index is 5.08. The van der Waals surface area contributed by atoms with Crippen molar-refractivity contribution in [2.75, 3.05) is 0 Å². The molecule has 276 valence electrons. The van der Waals surface area contributed by atoms with Gasteiger partial charge in [-0.1, -0.05) is 170 Å². The van der Waals surface area contributed by atoms with Gasteiger partial charge in [-0.05, 0) is 74.8 Å². The van der Waals surface area contributed by atoms with E-state index >= 15 is 0 Å². The Morgan fingerprint density at radius 2 is 0.695 bits per heavy atom. The van der Waals surface area contributed by atoms with Gasteiger partial charge in [0.15, 0.2) is 17.5 Å². The molecule has 0 N–H and O–H groups in total. The molecule has 11 aromatic rings. The molecular formula is C53H33N5S. The van der Waals surface area contributed by atoms with E-state index in [9.17, 15) is 0 Å². The molecule has 0 fully saturated rings. The molecule has 0 saturated heterocycles. The van der Waals surface area contributed by atoms with Gasteiger partial charge in [-0.2, -0.15) is 0 Å². The Bertz CT molecular complexity index is 3310. The van der Waals surface area contributed by atoms with Crippen molar-refractivity contribution < 1.29 is 0 Å². The van der Waals surface area contributed by atoms with Crippen LogP contribution in [0.5, 0.6) is 0 Å². The Morgan fingerprint density at radius 3 is 1.36 bits per heavy atom. The van der Waals surface area contributed by atoms with Crippen molar-refractivity contribution in [1.82, 2.24) is 24.9 Å². The SMILES string of the molecule is c1ccc(-c2ccc(-c3nc(-c4ccccc4)nc(-c4cccc(-c5ccc(-c6cccc(-c7ccc8nc9sc%10ccccc%10c9nc8c7)c6)cc5)c4)n3)cc2)cc1. The van der Waals surface area contributed by atoms with E-state index in [1.54, 1.807) is 11.3 Å². The highest BCUT2D eigenvalue weighted by Crippen LogP contribution is 2.35. The van der Waals surface area contributed by atoms with Crippen LogP contribution in [0.4, 0.5) is 0 Å². The van der Waals surface area contributed by atoms with Crippen LogP contribution in [0.1, 0.15) is 0 Å². The van der Waals surface area contributed by atoms with Gasteiger partial charge < -0.3 is 0 Å². The Hall–Kier alpha value is -7.67. The van der Waals surface area contributed by atoms with E-state index in [0.29, 0.717) is 17.5 Å². The molecule has 3 heterocycles. The van der Waals surface area contributed by atoms with Crippen molar-refractivity contribution in [3.63, 3.8) is 0 Å². The second-order valence-corrected chi connectivity index (χ2v) is 15.6. The Morgan fingerprint density at radius 1 is 0.271 bits per heavy atom. The van der Waals surface area contributed by atoms with Crippen LogP contribution in [-0.4, -0.2) is 24.9 Å². The van der Waals surface area contributed by atoms with Crippen molar-refractivity contribution in [3.05, 3.63) is 200 Å². The molecule has 0 aliphatic carbocycles. The van der Waals surface area contributed by atoms with Crippen LogP contribution in [0, 0.1) is 0 Å². The predicted molar refractivity (Wildman–Crippen MR) is 244 cm³/mol. The molecule has 0 unspecified atom stereocenters. The van der Waals surface area contributed by atoms with E-state index in [1.165, 1.54) is 10.3 Å². The van der Waals surface area contributed by atoms with Gasteiger partial charge in [0.25, 0.3) is 0 Å². The zero-order chi connectivity index (χ0) is 39.1. The minimum absolute atomic E-state index is 0.629. The summed E-state index contributed by atoms with van der Waals surface area (Å²) < 4.78 is 1.21. The van der Waals surface area contributed by atoms with Crippen molar-refractivity contribution in [3.8, 4) is 78.7 Å². The van der Waals surface area contributed by atoms with Crippen molar-refractivity contribution >= 4 is 42.8 Å². The third-order valence-electron chi connectivity index (χ3n) is 10.8. The number of benzene rings is 8. The number of aromatic nitrogens is 5. The van der Waals surface area contributed by atoms with Gasteiger partial charge in [0, 0.05) is 26.8 Å². The van der Waals surface area contributed by atoms with Crippen LogP contribution < -0.4 is 0 Å². The van der Waals surface area contributed by atoms with Gasteiger partial charge in [-0.15, -0.1) is 11.3 Å². The van der Waals surface area contributed by atoms with Crippen molar-refractivity contribution in [2.24, 2.45) is 0 Å². The van der Waals surface area contributed by atoms with Crippen LogP contribution in [0.3, 0.4) is 0 Å². The van der Waals surface area contributed by atoms with Crippen molar-refractivity contribution in [2.45, 2.75) is 0 Å². The fourth-order valence-electron chi connectivity index (χ4n) is 7.68. The Balaban J connectivity index is 0.893. The monoisotopic (exact) mass is 771 g/mol. The molecule has 0 aliphatic heterocycles. The highest BCUT2D eigenvalue weighted by Gasteiger charge is 2.15. The van der Waals surface area contributed by atoms with E-state index in [4.69, 9.17) is 24.9 Å². The first-order valence-electron chi connectivity index (χ1n) is 19.6. The molecule has 11 rings (SSSR count). The predicted octanol–water partition coefficient (Wildman–Crippen LogP) is 13.9. The zero-order valence-electron chi connectivity index (χ0n) is 31.7. The van der Waals surface area contributed by atoms with E-state index < -0.39 is 0 Å². The fraction of sp³-hybridized carbons (Fsp3) is 0. The quantitative estimate of drug-likeness (QED) is 0.161. The summed E-state index contributed by atoms with van der Waals surface area (Å²) in [6, 6.07) is 69.6. The average molecular weight is 772 g/mol. The Kier molecular flexibility index (Phi) is 8.60. The first-order chi connectivity index (χ1) is 29.2. The lowest BCUT2D eigenvalue weighted by atomic mass is 9.96. The number of thiophene rings is 1. The van der Waals surface area contributed by atoms with Gasteiger partial charge in [0.2, 0.25) is 0 Å². The topological polar surface area (TPSA) is 64.5 Å². The largest absolute Gasteiger partial charge is 0.243 e. The summed E-state index contributed by atoms with van der Waals surface area (Å²) in [5, 5.41) is 1.16. The maximum Gasteiger partial charge on any atom is 0.164 e. The van der Waals surface area contributed by atoms with Crippen LogP contribution in [0.25, 0.3) is 110 Å². The lowest BCUT2D eigenvalue weighted by molar-refractivity contribution is 1.07. The third-order valence-corrected chi connectivity index (χ3v) is 11.8. The zero-order valence-corrected chi connectivity index (χ0v) is 32.5. The first-order valence-corrected chi connectivity index (χ1v) is 20.4. The first kappa shape index (κ1) is 34.6. The lowest BCUT2D eigenvalue weighted by Gasteiger charge is -2.11. The molecule has 0 saturated carbocycles. The summed E-state index contributed by atoms with van der Waals surface area (Å²) in [6.45, 7) is 0. The van der Waals surface area contributed by atoms with Gasteiger partial charge >= 0.3 is 0 Å². The molecule has 5 nitrogen and oxygen atoms in total. The van der Waals surface area contributed by atoms with Crippen LogP contribution in [0.2, 0.25) is 0 Å². The average Bonchev–Trinajstić information content (AvgIpc) is 3.68. The molecule has 6 heteroatoms. The van der Waals surface area contributed by atoms with Gasteiger partial charge in [0.1, 0.15) is 10.3 Å². The summed E-state index contributed by atoms with van der Waals surface area (Å²) >= 11 is 1.69. The van der Waals surface area contributed by atoms with E-state index in [2.05, 4.69) is 164 Å². The summed E-state index contributed by atoms with van der Waals surface area (Å²) in [6.07, 6.45) is 0. The molecule has 0 bridgehead atoms. The summed E-state index contributed by atoms with van der Waals surface area (Å²) in [5.41, 5.74) is 14.6. The summed E-state index contributed by atoms with van der Waals surface area (Å²) in [4.78, 5) is 26.0. The van der Waals surface area contributed by atoms with Gasteiger partial charge in [0.05, 0.1) is 11.0 Å². The minimum atomic E-state index is 0.629. The molecule has 0 aliphatic rings. The highest BCUT2D eigenvalue weighted by atomic mass is 32.1. The summed E-state index contributed by atoms with van der Waals surface area (Å²) in [7, 11) is 0. The lowest BCUT2D eigenvalue weighted by Crippen LogP contribution is -2.00. The molecule has 0 radical (unpaired) electrons. The van der Waals surface area contributed by atoms with E-state index in [-0.39, 0.29) is 0 Å². The second kappa shape index (κ2) is 14.7. The number of hydrogen-bond acceptors (Lipinski definition) is 6. The smallest absolute Gasteiger partial charge is 0.164 e. The van der Waals surface area contributed by atoms with Crippen LogP contribution in [-0.2, 0) is 0 Å². The summed E-state index contributed by atoms with van der Waals surface area (Å²) in [5.74, 6) is 1.90. The van der Waals surface area contributed by atoms with E-state index in [1.807, 2.05) is 36.4 Å². The third kappa shape index (κ3) is 6.71. The van der Waals surface area contributed by atoms with Crippen LogP contribution in [0.15, 0.2) is 200 Å². The second-order valence-electron chi connectivity index (χ2n) is 14.5. The Labute approximate surface area is 345 Å². The standard InChI is InChI=1S/C53H33N5S/c1-3-11-34(12-4-1)35-25-27-39(28-26-35)51-56-50(38-13-5-2-6-14-38)57-52(58-51)44-18-10-16-41(32-44)37-23-21-36(22-24-37)40-15-9-17-42(31-40)43-29-30-46-47(33-43)54-49-45-19-7-8-20-48(45)59-53(49)55-46/h1-33H. The minimum Gasteiger partial charge on any atom is -0.243 e. The van der Waals surface area contributed by atoms with Gasteiger partial charge in [-0.3, -0.25) is 0 Å². The van der Waals surface area contributed by atoms with Gasteiger partial charge in [-0.25, -0.2) is 24.9 Å². The van der Waals surface area contributed by atoms with Crippen molar-refractivity contribution in [1.29, 1.82) is 0 Å². The molecule has 0 amide bonds. The number of nitrogens with zero attached hydrogens (tertiary/aromatic N) is 5. The highest BCUT2D eigenvalue weighted by molar-refractivity contribution is 7.25. The molecule has 59 heavy (non-hydrogen) atoms. The molecule has 8 aromatic carbocycles. The van der Waals surface area contributed by atoms with Crippen LogP contribution >= 0.6 is 11.3 Å². The maximum absolute atomic E-state index is 5.08. The number of fused-ring (bicyclic) bond motifs is 4. The molecular weight excluding hydrogens is 739 g/mol. The number of hydrogen-bond donors (Lipinski definition) is 0.